The van der Waals surface area contributed by atoms with Crippen LogP contribution in [0.1, 0.15) is 36.7 Å². The molecule has 1 aliphatic rings. The molecule has 2 heterocycles. The predicted molar refractivity (Wildman–Crippen MR) is 120 cm³/mol. The van der Waals surface area contributed by atoms with E-state index in [-0.39, 0.29) is 29.6 Å². The highest BCUT2D eigenvalue weighted by Gasteiger charge is 2.29. The Morgan fingerprint density at radius 1 is 1.33 bits per heavy atom. The molecule has 7 heteroatoms. The first-order valence-corrected chi connectivity index (χ1v) is 9.22. The summed E-state index contributed by atoms with van der Waals surface area (Å²) in [5.74, 6) is 1.83. The summed E-state index contributed by atoms with van der Waals surface area (Å²) in [6, 6.07) is 8.60. The van der Waals surface area contributed by atoms with Crippen molar-refractivity contribution in [1.29, 1.82) is 0 Å². The van der Waals surface area contributed by atoms with Gasteiger partial charge in [0.2, 0.25) is 0 Å². The summed E-state index contributed by atoms with van der Waals surface area (Å²) in [4.78, 5) is 8.60. The van der Waals surface area contributed by atoms with Gasteiger partial charge in [-0.25, -0.2) is 4.98 Å². The van der Waals surface area contributed by atoms with E-state index < -0.39 is 0 Å². The van der Waals surface area contributed by atoms with E-state index in [1.54, 1.807) is 7.05 Å². The lowest BCUT2D eigenvalue weighted by atomic mass is 10.0. The smallest absolute Gasteiger partial charge is 0.191 e. The van der Waals surface area contributed by atoms with Crippen LogP contribution in [0.3, 0.4) is 0 Å². The number of aryl methyl sites for hydroxylation is 1. The molecule has 3 rings (SSSR count). The molecule has 0 radical (unpaired) electrons. The Balaban J connectivity index is 0.00000261. The monoisotopic (exact) mass is 483 g/mol. The van der Waals surface area contributed by atoms with Crippen molar-refractivity contribution in [2.24, 2.45) is 4.99 Å². The zero-order valence-corrected chi connectivity index (χ0v) is 18.7. The number of nitrogens with one attached hydrogen (secondary N) is 2. The van der Waals surface area contributed by atoms with Crippen LogP contribution in [0.5, 0.6) is 0 Å². The van der Waals surface area contributed by atoms with E-state index >= 15 is 0 Å². The molecule has 2 N–H and O–H groups in total. The zero-order chi connectivity index (χ0) is 18.4. The normalized spacial score (nSPS) is 19.6. The van der Waals surface area contributed by atoms with Crippen molar-refractivity contribution in [2.75, 3.05) is 20.2 Å². The second-order valence-electron chi connectivity index (χ2n) is 7.10. The van der Waals surface area contributed by atoms with Gasteiger partial charge < -0.3 is 19.9 Å². The first kappa shape index (κ1) is 21.7. The van der Waals surface area contributed by atoms with Gasteiger partial charge in [0.05, 0.1) is 5.60 Å². The van der Waals surface area contributed by atoms with Crippen LogP contribution in [-0.2, 0) is 17.8 Å². The molecule has 1 atom stereocenters. The Morgan fingerprint density at radius 3 is 2.81 bits per heavy atom. The molecule has 148 valence electrons. The molecule has 1 unspecified atom stereocenters. The minimum atomic E-state index is -0.0831. The fourth-order valence-electron chi connectivity index (χ4n) is 3.26. The number of imidazole rings is 1. The molecule has 0 aliphatic carbocycles. The quantitative estimate of drug-likeness (QED) is 0.377. The minimum Gasteiger partial charge on any atom is -0.373 e. The fraction of sp³-hybridized carbons (Fsp3) is 0.500. The third-order valence-corrected chi connectivity index (χ3v) is 4.88. The summed E-state index contributed by atoms with van der Waals surface area (Å²) in [5.41, 5.74) is 2.41. The van der Waals surface area contributed by atoms with Crippen LogP contribution >= 0.6 is 24.0 Å². The number of rotatable bonds is 6. The number of hydrogen-bond acceptors (Lipinski definition) is 3. The average Bonchev–Trinajstić information content (AvgIpc) is 3.25. The molecule has 1 aromatic heterocycles. The number of halogens is 1. The molecular weight excluding hydrogens is 453 g/mol. The second-order valence-corrected chi connectivity index (χ2v) is 7.10. The Bertz CT molecular complexity index is 752. The first-order chi connectivity index (χ1) is 12.6. The van der Waals surface area contributed by atoms with Crippen molar-refractivity contribution in [3.05, 3.63) is 53.6 Å². The molecule has 2 aromatic rings. The van der Waals surface area contributed by atoms with Crippen LogP contribution in [0.25, 0.3) is 0 Å². The number of benzene rings is 1. The minimum absolute atomic E-state index is 0. The van der Waals surface area contributed by atoms with E-state index in [4.69, 9.17) is 4.74 Å². The molecule has 0 bridgehead atoms. The van der Waals surface area contributed by atoms with Crippen LogP contribution in [0.4, 0.5) is 0 Å². The molecule has 0 amide bonds. The third kappa shape index (κ3) is 6.21. The lowest BCUT2D eigenvalue weighted by molar-refractivity contribution is 0.0243. The molecule has 1 fully saturated rings. The van der Waals surface area contributed by atoms with Crippen molar-refractivity contribution >= 4 is 29.9 Å². The molecule has 0 spiro atoms. The Labute approximate surface area is 178 Å². The van der Waals surface area contributed by atoms with Crippen molar-refractivity contribution in [2.45, 2.75) is 45.4 Å². The molecule has 27 heavy (non-hydrogen) atoms. The van der Waals surface area contributed by atoms with Gasteiger partial charge in [0.25, 0.3) is 0 Å². The van der Waals surface area contributed by atoms with Gasteiger partial charge in [-0.05, 0) is 37.8 Å². The third-order valence-electron chi connectivity index (χ3n) is 4.88. The predicted octanol–water partition coefficient (Wildman–Crippen LogP) is 3.09. The van der Waals surface area contributed by atoms with E-state index in [1.165, 1.54) is 11.1 Å². The largest absolute Gasteiger partial charge is 0.373 e. The van der Waals surface area contributed by atoms with E-state index in [2.05, 4.69) is 56.4 Å². The van der Waals surface area contributed by atoms with E-state index in [1.807, 2.05) is 19.3 Å². The lowest BCUT2D eigenvalue weighted by Crippen LogP contribution is -2.45. The highest BCUT2D eigenvalue weighted by Crippen LogP contribution is 2.23. The van der Waals surface area contributed by atoms with Gasteiger partial charge in [-0.2, -0.15) is 0 Å². The summed E-state index contributed by atoms with van der Waals surface area (Å²) >= 11 is 0. The Kier molecular flexibility index (Phi) is 8.09. The van der Waals surface area contributed by atoms with Gasteiger partial charge in [0.15, 0.2) is 5.96 Å². The van der Waals surface area contributed by atoms with Crippen LogP contribution in [-0.4, -0.2) is 41.3 Å². The lowest BCUT2D eigenvalue weighted by Gasteiger charge is -2.24. The summed E-state index contributed by atoms with van der Waals surface area (Å²) in [6.45, 7) is 7.37. The van der Waals surface area contributed by atoms with E-state index in [9.17, 15) is 0 Å². The van der Waals surface area contributed by atoms with Crippen LogP contribution in [0.2, 0.25) is 0 Å². The van der Waals surface area contributed by atoms with Gasteiger partial charge in [0.1, 0.15) is 5.82 Å². The van der Waals surface area contributed by atoms with Gasteiger partial charge in [-0.3, -0.25) is 4.99 Å². The van der Waals surface area contributed by atoms with Gasteiger partial charge in [-0.15, -0.1) is 24.0 Å². The first-order valence-electron chi connectivity index (χ1n) is 9.22. The maximum absolute atomic E-state index is 5.82. The highest BCUT2D eigenvalue weighted by atomic mass is 127. The maximum Gasteiger partial charge on any atom is 0.191 e. The number of aliphatic imine (C=N–C) groups is 1. The van der Waals surface area contributed by atoms with Crippen molar-refractivity contribution < 1.29 is 4.74 Å². The number of aromatic nitrogens is 2. The van der Waals surface area contributed by atoms with E-state index in [0.717, 1.165) is 50.9 Å². The summed E-state index contributed by atoms with van der Waals surface area (Å²) in [7, 11) is 1.80. The SMILES string of the molecule is CN=C(NCc1cccc(Cn2ccnc2C)c1)NCC1(C)CCCO1.I. The number of ether oxygens (including phenoxy) is 1. The summed E-state index contributed by atoms with van der Waals surface area (Å²) in [5, 5.41) is 6.77. The summed E-state index contributed by atoms with van der Waals surface area (Å²) in [6.07, 6.45) is 6.07. The summed E-state index contributed by atoms with van der Waals surface area (Å²) < 4.78 is 7.97. The molecule has 1 saturated heterocycles. The van der Waals surface area contributed by atoms with Gasteiger partial charge >= 0.3 is 0 Å². The van der Waals surface area contributed by atoms with Gasteiger partial charge in [0, 0.05) is 45.7 Å². The molecule has 1 aromatic carbocycles. The van der Waals surface area contributed by atoms with Crippen LogP contribution in [0.15, 0.2) is 41.7 Å². The standard InChI is InChI=1S/C20H29N5O.HI/c1-16-22-9-10-25(16)14-18-7-4-6-17(12-18)13-23-19(21-3)24-15-20(2)8-5-11-26-20;/h4,6-7,9-10,12H,5,8,11,13-15H2,1-3H3,(H2,21,23,24);1H. The van der Waals surface area contributed by atoms with Gasteiger partial charge in [-0.1, -0.05) is 24.3 Å². The van der Waals surface area contributed by atoms with Crippen LogP contribution in [0, 0.1) is 6.92 Å². The van der Waals surface area contributed by atoms with E-state index in [0.29, 0.717) is 0 Å². The Hall–Kier alpha value is -1.61. The molecule has 0 saturated carbocycles. The molecule has 6 nitrogen and oxygen atoms in total. The van der Waals surface area contributed by atoms with Crippen molar-refractivity contribution in [1.82, 2.24) is 20.2 Å². The second kappa shape index (κ2) is 10.1. The highest BCUT2D eigenvalue weighted by molar-refractivity contribution is 14.0. The average molecular weight is 483 g/mol. The fourth-order valence-corrected chi connectivity index (χ4v) is 3.26. The van der Waals surface area contributed by atoms with Crippen LogP contribution < -0.4 is 10.6 Å². The number of nitrogens with zero attached hydrogens (tertiary/aromatic N) is 3. The number of hydrogen-bond donors (Lipinski definition) is 2. The zero-order valence-electron chi connectivity index (χ0n) is 16.4. The molecular formula is C20H30IN5O. The van der Waals surface area contributed by atoms with Crippen molar-refractivity contribution in [3.63, 3.8) is 0 Å². The molecule has 1 aliphatic heterocycles. The van der Waals surface area contributed by atoms with Crippen molar-refractivity contribution in [3.8, 4) is 0 Å². The number of guanidine groups is 1. The Morgan fingerprint density at radius 2 is 2.15 bits per heavy atom. The maximum atomic E-state index is 5.82. The topological polar surface area (TPSA) is 63.5 Å².